The fraction of sp³-hybridized carbons (Fsp3) is 0.816. The van der Waals surface area contributed by atoms with Crippen LogP contribution in [-0.4, -0.2) is 42.5 Å². The van der Waals surface area contributed by atoms with Crippen LogP contribution in [0.25, 0.3) is 0 Å². The van der Waals surface area contributed by atoms with E-state index in [1.54, 1.807) is 7.11 Å². The van der Waals surface area contributed by atoms with Crippen molar-refractivity contribution in [2.75, 3.05) is 7.11 Å². The van der Waals surface area contributed by atoms with Crippen LogP contribution in [0.3, 0.4) is 0 Å². The molecule has 0 aliphatic heterocycles. The van der Waals surface area contributed by atoms with E-state index >= 15 is 0 Å². The summed E-state index contributed by atoms with van der Waals surface area (Å²) in [6, 6.07) is 10.6. The zero-order valence-corrected chi connectivity index (χ0v) is 31.8. The molecule has 0 N–H and O–H groups in total. The van der Waals surface area contributed by atoms with Crippen molar-refractivity contribution < 1.29 is 14.0 Å². The van der Waals surface area contributed by atoms with E-state index in [2.05, 4.69) is 91.9 Å². The quantitative estimate of drug-likeness (QED) is 0.204. The van der Waals surface area contributed by atoms with E-state index < -0.39 is 8.32 Å². The molecule has 4 aliphatic rings. The van der Waals surface area contributed by atoms with Crippen LogP contribution in [0.15, 0.2) is 30.3 Å². The third-order valence-corrected chi connectivity index (χ3v) is 21.1. The number of hydrogen-bond acceptors (Lipinski definition) is 3. The third-order valence-electron chi connectivity index (χ3n) is 14.0. The van der Waals surface area contributed by atoms with Crippen LogP contribution in [0.5, 0.6) is 0 Å². The van der Waals surface area contributed by atoms with Crippen LogP contribution in [0.1, 0.15) is 106 Å². The van der Waals surface area contributed by atoms with E-state index in [0.717, 1.165) is 30.1 Å². The monoisotopic (exact) mass is 674 g/mol. The molecule has 4 fully saturated rings. The van der Waals surface area contributed by atoms with Gasteiger partial charge in [-0.1, -0.05) is 27.7 Å². The molecule has 0 bridgehead atoms. The molecule has 5 rings (SSSR count). The van der Waals surface area contributed by atoms with Gasteiger partial charge in [0.05, 0.1) is 0 Å². The molecule has 0 aromatic heterocycles. The van der Waals surface area contributed by atoms with Gasteiger partial charge < -0.3 is 0 Å². The normalized spacial score (nSPS) is 39.3. The molecular formula is C38H62O3SeSi. The minimum atomic E-state index is -1.87. The van der Waals surface area contributed by atoms with Gasteiger partial charge in [-0.3, -0.25) is 0 Å². The van der Waals surface area contributed by atoms with Gasteiger partial charge >= 0.3 is 245 Å². The Kier molecular flexibility index (Phi) is 9.84. The summed E-state index contributed by atoms with van der Waals surface area (Å²) < 4.78 is 14.1. The molecule has 3 nitrogen and oxygen atoms in total. The summed E-state index contributed by atoms with van der Waals surface area (Å²) in [6.45, 7) is 22.5. The molecule has 242 valence electrons. The van der Waals surface area contributed by atoms with Gasteiger partial charge in [-0.05, 0) is 0 Å². The predicted molar refractivity (Wildman–Crippen MR) is 183 cm³/mol. The Morgan fingerprint density at radius 3 is 2.28 bits per heavy atom. The van der Waals surface area contributed by atoms with Crippen molar-refractivity contribution in [3.63, 3.8) is 0 Å². The van der Waals surface area contributed by atoms with Crippen LogP contribution < -0.4 is 4.46 Å². The molecule has 4 unspecified atom stereocenters. The molecule has 0 radical (unpaired) electrons. The average Bonchev–Trinajstić information content (AvgIpc) is 3.30. The van der Waals surface area contributed by atoms with Gasteiger partial charge in [0.15, 0.2) is 0 Å². The Balaban J connectivity index is 1.38. The van der Waals surface area contributed by atoms with Crippen molar-refractivity contribution in [1.82, 2.24) is 0 Å². The summed E-state index contributed by atoms with van der Waals surface area (Å²) in [5.41, 5.74) is 0.787. The fourth-order valence-electron chi connectivity index (χ4n) is 10.6. The van der Waals surface area contributed by atoms with E-state index in [9.17, 15) is 4.79 Å². The number of ether oxygens (including phenoxy) is 1. The molecule has 0 saturated heterocycles. The summed E-state index contributed by atoms with van der Waals surface area (Å²) in [5, 5.41) is 0.243. The number of fused-ring (bicyclic) bond motifs is 5. The second kappa shape index (κ2) is 12.5. The molecule has 5 heteroatoms. The SMILES string of the molecule is COC(=O)C(C[C@@H](C)[C@H]1CCC2C3C[C@H](O[Si](C)(C)C(C)(C)C)[C@@H]4C[C@H](C)CC[C@]4(C)C3CC[C@@]21C)[Se]c1ccccc1. The standard InChI is InChI=1S/C38H62O3SeSi/c1-25-18-20-38(7)31-19-21-37(6)29(26(2)23-34(35(39)40-8)42-27-14-12-11-13-15-27)16-17-30(37)28(31)24-33(32(38)22-25)41-43(9,10)36(3,4)5/h11-15,25-26,28-34H,16-24H2,1-10H3/t25-,26-,28?,29-,30?,31?,32+,33+,34?,37-,38-/m1/s1. The van der Waals surface area contributed by atoms with Crippen molar-refractivity contribution in [3.8, 4) is 0 Å². The number of hydrogen-bond donors (Lipinski definition) is 0. The van der Waals surface area contributed by atoms with Gasteiger partial charge in [-0.15, -0.1) is 0 Å². The van der Waals surface area contributed by atoms with E-state index in [4.69, 9.17) is 9.16 Å². The van der Waals surface area contributed by atoms with Crippen molar-refractivity contribution in [3.05, 3.63) is 30.3 Å². The molecule has 0 amide bonds. The fourth-order valence-corrected chi connectivity index (χ4v) is 14.6. The first kappa shape index (κ1) is 33.7. The molecule has 0 heterocycles. The van der Waals surface area contributed by atoms with Gasteiger partial charge in [0.1, 0.15) is 0 Å². The zero-order valence-electron chi connectivity index (χ0n) is 29.1. The van der Waals surface area contributed by atoms with Crippen molar-refractivity contribution in [2.45, 2.75) is 135 Å². The molecule has 43 heavy (non-hydrogen) atoms. The average molecular weight is 674 g/mol. The third kappa shape index (κ3) is 6.37. The molecule has 4 saturated carbocycles. The summed E-state index contributed by atoms with van der Waals surface area (Å²) in [7, 11) is -0.301. The molecule has 4 aliphatic carbocycles. The number of rotatable bonds is 8. The second-order valence-electron chi connectivity index (χ2n) is 17.4. The first-order chi connectivity index (χ1) is 20.1. The molecule has 1 aromatic carbocycles. The number of carbonyl (C=O) groups is 1. The Hall–Kier alpha value is -0.614. The van der Waals surface area contributed by atoms with Crippen LogP contribution in [-0.2, 0) is 14.0 Å². The summed E-state index contributed by atoms with van der Waals surface area (Å²) in [6.07, 6.45) is 12.3. The number of benzene rings is 1. The summed E-state index contributed by atoms with van der Waals surface area (Å²) >= 11 is 0.0958. The van der Waals surface area contributed by atoms with Crippen LogP contribution in [0.4, 0.5) is 0 Å². The van der Waals surface area contributed by atoms with Crippen molar-refractivity contribution >= 4 is 33.7 Å². The van der Waals surface area contributed by atoms with Crippen molar-refractivity contribution in [2.24, 2.45) is 52.3 Å². The van der Waals surface area contributed by atoms with Crippen LogP contribution in [0.2, 0.25) is 22.9 Å². The van der Waals surface area contributed by atoms with Crippen molar-refractivity contribution in [1.29, 1.82) is 0 Å². The maximum atomic E-state index is 13.0. The summed E-state index contributed by atoms with van der Waals surface area (Å²) in [5.74, 6) is 5.17. The Morgan fingerprint density at radius 2 is 1.63 bits per heavy atom. The van der Waals surface area contributed by atoms with Gasteiger partial charge in [-0.25, -0.2) is 0 Å². The van der Waals surface area contributed by atoms with Crippen LogP contribution >= 0.6 is 0 Å². The molecule has 1 aromatic rings. The van der Waals surface area contributed by atoms with Gasteiger partial charge in [0.25, 0.3) is 0 Å². The first-order valence-electron chi connectivity index (χ1n) is 17.6. The van der Waals surface area contributed by atoms with E-state index in [-0.39, 0.29) is 30.8 Å². The van der Waals surface area contributed by atoms with Gasteiger partial charge in [-0.2, -0.15) is 0 Å². The topological polar surface area (TPSA) is 35.5 Å². The summed E-state index contributed by atoms with van der Waals surface area (Å²) in [4.78, 5) is 13.0. The Bertz CT molecular complexity index is 1120. The Morgan fingerprint density at radius 1 is 0.977 bits per heavy atom. The molecule has 0 spiro atoms. The Labute approximate surface area is 271 Å². The number of carbonyl (C=O) groups excluding carboxylic acids is 1. The number of methoxy groups -OCH3 is 1. The van der Waals surface area contributed by atoms with E-state index in [0.29, 0.717) is 34.7 Å². The maximum absolute atomic E-state index is 13.0. The predicted octanol–water partition coefficient (Wildman–Crippen LogP) is 9.30. The van der Waals surface area contributed by atoms with Crippen LogP contribution in [0, 0.1) is 52.3 Å². The van der Waals surface area contributed by atoms with E-state index in [1.807, 2.05) is 0 Å². The zero-order chi connectivity index (χ0) is 31.4. The number of esters is 1. The van der Waals surface area contributed by atoms with E-state index in [1.165, 1.54) is 55.8 Å². The minimum absolute atomic E-state index is 0.00478. The van der Waals surface area contributed by atoms with Gasteiger partial charge in [0.2, 0.25) is 0 Å². The van der Waals surface area contributed by atoms with Gasteiger partial charge in [0, 0.05) is 0 Å². The second-order valence-corrected chi connectivity index (χ2v) is 24.8. The first-order valence-corrected chi connectivity index (χ1v) is 22.3. The molecular weight excluding hydrogens is 611 g/mol. The molecule has 11 atom stereocenters.